The molecule has 24 heavy (non-hydrogen) atoms. The van der Waals surface area contributed by atoms with Crippen LogP contribution in [0.25, 0.3) is 5.82 Å². The number of hydrogen-bond donors (Lipinski definition) is 2. The Bertz CT molecular complexity index is 711. The van der Waals surface area contributed by atoms with Crippen LogP contribution in [0.2, 0.25) is 0 Å². The number of aliphatic carboxylic acids is 1. The molecule has 1 fully saturated rings. The van der Waals surface area contributed by atoms with Crippen LogP contribution in [0.5, 0.6) is 0 Å². The number of rotatable bonds is 7. The van der Waals surface area contributed by atoms with Crippen molar-refractivity contribution in [3.63, 3.8) is 0 Å². The number of pyridine rings is 1. The van der Waals surface area contributed by atoms with Crippen LogP contribution in [0.4, 0.5) is 0 Å². The van der Waals surface area contributed by atoms with Gasteiger partial charge in [0.15, 0.2) is 0 Å². The Balaban J connectivity index is 1.90. The second-order valence-electron chi connectivity index (χ2n) is 6.67. The first-order chi connectivity index (χ1) is 11.6. The van der Waals surface area contributed by atoms with Crippen LogP contribution in [0, 0.1) is 17.8 Å². The second-order valence-corrected chi connectivity index (χ2v) is 6.67. The Hall–Kier alpha value is -2.21. The van der Waals surface area contributed by atoms with E-state index in [1.54, 1.807) is 23.3 Å². The van der Waals surface area contributed by atoms with Crippen molar-refractivity contribution < 1.29 is 9.90 Å². The van der Waals surface area contributed by atoms with Crippen LogP contribution in [-0.2, 0) is 10.2 Å². The molecule has 2 unspecified atom stereocenters. The van der Waals surface area contributed by atoms with E-state index in [0.29, 0.717) is 18.2 Å². The van der Waals surface area contributed by atoms with E-state index in [4.69, 9.17) is 5.73 Å². The monoisotopic (exact) mass is 328 g/mol. The summed E-state index contributed by atoms with van der Waals surface area (Å²) in [5.41, 5.74) is 5.53. The summed E-state index contributed by atoms with van der Waals surface area (Å²) in [6.07, 6.45) is 6.95. The first kappa shape index (κ1) is 16.6. The number of carboxylic acids is 1. The molecule has 0 saturated heterocycles. The molecular weight excluding hydrogens is 304 g/mol. The van der Waals surface area contributed by atoms with Crippen molar-refractivity contribution in [2.75, 3.05) is 6.54 Å². The number of nitrogens with two attached hydrogens (primary N) is 1. The number of imidazole rings is 1. The average Bonchev–Trinajstić information content (AvgIpc) is 2.97. The first-order valence-electron chi connectivity index (χ1n) is 8.45. The molecule has 4 atom stereocenters. The third-order valence-corrected chi connectivity index (χ3v) is 5.57. The van der Waals surface area contributed by atoms with Gasteiger partial charge in [0.05, 0.1) is 5.69 Å². The average molecular weight is 328 g/mol. The first-order valence-corrected chi connectivity index (χ1v) is 8.45. The molecule has 1 aliphatic carbocycles. The Morgan fingerprint density at radius 1 is 1.46 bits per heavy atom. The van der Waals surface area contributed by atoms with Gasteiger partial charge in [0.25, 0.3) is 0 Å². The largest absolute Gasteiger partial charge is 0.481 e. The van der Waals surface area contributed by atoms with E-state index in [9.17, 15) is 9.90 Å². The third kappa shape index (κ3) is 2.51. The maximum Gasteiger partial charge on any atom is 0.316 e. The molecule has 0 aliphatic heterocycles. The van der Waals surface area contributed by atoms with Gasteiger partial charge in [0, 0.05) is 12.4 Å². The highest BCUT2D eigenvalue weighted by molar-refractivity contribution is 5.86. The summed E-state index contributed by atoms with van der Waals surface area (Å²) in [5.74, 6) is 0.433. The van der Waals surface area contributed by atoms with E-state index in [1.165, 1.54) is 0 Å². The molecule has 1 saturated carbocycles. The van der Waals surface area contributed by atoms with Crippen LogP contribution in [-0.4, -0.2) is 32.2 Å². The quantitative estimate of drug-likeness (QED) is 0.813. The van der Waals surface area contributed by atoms with Crippen LogP contribution in [0.1, 0.15) is 32.4 Å². The molecule has 0 amide bonds. The molecule has 6 nitrogen and oxygen atoms in total. The van der Waals surface area contributed by atoms with Gasteiger partial charge in [-0.2, -0.15) is 0 Å². The van der Waals surface area contributed by atoms with E-state index in [2.05, 4.69) is 16.9 Å². The lowest BCUT2D eigenvalue weighted by molar-refractivity contribution is -0.141. The van der Waals surface area contributed by atoms with E-state index >= 15 is 0 Å². The van der Waals surface area contributed by atoms with Gasteiger partial charge in [-0.1, -0.05) is 26.3 Å². The second kappa shape index (κ2) is 6.36. The fraction of sp³-hybridized carbons (Fsp3) is 0.500. The van der Waals surface area contributed by atoms with Gasteiger partial charge in [0.2, 0.25) is 0 Å². The number of aromatic nitrogens is 3. The van der Waals surface area contributed by atoms with Crippen molar-refractivity contribution in [3.05, 3.63) is 42.6 Å². The molecule has 0 spiro atoms. The van der Waals surface area contributed by atoms with Crippen molar-refractivity contribution in [2.24, 2.45) is 23.5 Å². The third-order valence-electron chi connectivity index (χ3n) is 5.57. The summed E-state index contributed by atoms with van der Waals surface area (Å²) < 4.78 is 1.78. The van der Waals surface area contributed by atoms with Crippen molar-refractivity contribution in [1.82, 2.24) is 14.5 Å². The summed E-state index contributed by atoms with van der Waals surface area (Å²) in [5, 5.41) is 9.94. The topological polar surface area (TPSA) is 94.0 Å². The Kier molecular flexibility index (Phi) is 4.41. The minimum atomic E-state index is -0.900. The fourth-order valence-electron chi connectivity index (χ4n) is 3.88. The van der Waals surface area contributed by atoms with Crippen molar-refractivity contribution in [1.29, 1.82) is 0 Å². The van der Waals surface area contributed by atoms with E-state index in [-0.39, 0.29) is 11.8 Å². The van der Waals surface area contributed by atoms with Crippen molar-refractivity contribution in [2.45, 2.75) is 32.1 Å². The molecule has 0 radical (unpaired) electrons. The van der Waals surface area contributed by atoms with Crippen molar-refractivity contribution in [3.8, 4) is 5.82 Å². The predicted octanol–water partition coefficient (Wildman–Crippen LogP) is 2.23. The lowest BCUT2D eigenvalue weighted by Crippen LogP contribution is -2.26. The summed E-state index contributed by atoms with van der Waals surface area (Å²) >= 11 is 0. The van der Waals surface area contributed by atoms with E-state index in [1.807, 2.05) is 25.1 Å². The van der Waals surface area contributed by atoms with E-state index in [0.717, 1.165) is 18.7 Å². The number of hydrogen-bond acceptors (Lipinski definition) is 4. The standard InChI is InChI=1S/C18H24N4O2/c1-3-13(9-19)8-14-12(2)18(14,17(23)24)15-10-22(11-21-15)16-6-4-5-7-20-16/h4-7,10-14H,3,8-9,19H2,1-2H3,(H,23,24)/t12-,13+,14?,18?/m0/s1. The van der Waals surface area contributed by atoms with Gasteiger partial charge in [-0.15, -0.1) is 0 Å². The molecule has 3 N–H and O–H groups in total. The fourth-order valence-corrected chi connectivity index (χ4v) is 3.88. The van der Waals surface area contributed by atoms with Crippen LogP contribution < -0.4 is 5.73 Å². The molecule has 128 valence electrons. The Morgan fingerprint density at radius 2 is 2.25 bits per heavy atom. The lowest BCUT2D eigenvalue weighted by atomic mass is 9.92. The SMILES string of the molecule is CC[C@@H](CN)CC1[C@H](C)C1(C(=O)O)c1cn(-c2ccccn2)cn1. The Morgan fingerprint density at radius 3 is 2.83 bits per heavy atom. The number of carboxylic acid groups (broad SMARTS) is 1. The minimum Gasteiger partial charge on any atom is -0.481 e. The summed E-state index contributed by atoms with van der Waals surface area (Å²) in [4.78, 5) is 20.8. The molecule has 6 heteroatoms. The molecular formula is C18H24N4O2. The Labute approximate surface area is 141 Å². The molecule has 3 rings (SSSR count). The molecule has 1 aliphatic rings. The summed E-state index contributed by atoms with van der Waals surface area (Å²) in [7, 11) is 0. The van der Waals surface area contributed by atoms with Gasteiger partial charge in [-0.05, 0) is 42.9 Å². The highest BCUT2D eigenvalue weighted by Crippen LogP contribution is 2.62. The van der Waals surface area contributed by atoms with Gasteiger partial charge in [0.1, 0.15) is 17.6 Å². The zero-order valence-corrected chi connectivity index (χ0v) is 14.1. The highest BCUT2D eigenvalue weighted by Gasteiger charge is 2.69. The van der Waals surface area contributed by atoms with Crippen molar-refractivity contribution >= 4 is 5.97 Å². The minimum absolute atomic E-state index is 0.0580. The van der Waals surface area contributed by atoms with Gasteiger partial charge in [-0.25, -0.2) is 9.97 Å². The molecule has 2 aromatic heterocycles. The van der Waals surface area contributed by atoms with Gasteiger partial charge < -0.3 is 10.8 Å². The molecule has 0 bridgehead atoms. The molecule has 2 heterocycles. The zero-order valence-electron chi connectivity index (χ0n) is 14.1. The lowest BCUT2D eigenvalue weighted by Gasteiger charge is -2.14. The zero-order chi connectivity index (χ0) is 17.3. The van der Waals surface area contributed by atoms with Crippen LogP contribution in [0.15, 0.2) is 36.9 Å². The van der Waals surface area contributed by atoms with Gasteiger partial charge >= 0.3 is 5.97 Å². The molecule has 2 aromatic rings. The summed E-state index contributed by atoms with van der Waals surface area (Å²) in [6.45, 7) is 4.70. The van der Waals surface area contributed by atoms with E-state index < -0.39 is 11.4 Å². The summed E-state index contributed by atoms with van der Waals surface area (Å²) in [6, 6.07) is 5.61. The predicted molar refractivity (Wildman–Crippen MR) is 90.8 cm³/mol. The number of carbonyl (C=O) groups is 1. The maximum absolute atomic E-state index is 12.1. The smallest absolute Gasteiger partial charge is 0.316 e. The highest BCUT2D eigenvalue weighted by atomic mass is 16.4. The van der Waals surface area contributed by atoms with Gasteiger partial charge in [-0.3, -0.25) is 9.36 Å². The molecule has 0 aromatic carbocycles. The number of nitrogens with zero attached hydrogens (tertiary/aromatic N) is 3. The normalized spacial score (nSPS) is 27.0. The maximum atomic E-state index is 12.1. The van der Waals surface area contributed by atoms with Crippen LogP contribution >= 0.6 is 0 Å². The van der Waals surface area contributed by atoms with Crippen LogP contribution in [0.3, 0.4) is 0 Å².